The Morgan fingerprint density at radius 3 is 2.74 bits per heavy atom. The minimum Gasteiger partial charge on any atom is -0.335 e. The normalized spacial score (nSPS) is 15.3. The molecule has 122 valence electrons. The Kier molecular flexibility index (Phi) is 5.64. The van der Waals surface area contributed by atoms with Crippen molar-refractivity contribution in [3.8, 4) is 0 Å². The SMILES string of the molecule is O=C(NCc1csc(Cc2ccccc2)n1)NC1CCCCC1. The largest absolute Gasteiger partial charge is 0.335 e. The molecule has 1 aromatic carbocycles. The van der Waals surface area contributed by atoms with Gasteiger partial charge in [0.2, 0.25) is 0 Å². The Labute approximate surface area is 141 Å². The molecule has 2 N–H and O–H groups in total. The van der Waals surface area contributed by atoms with Gasteiger partial charge in [0.25, 0.3) is 0 Å². The maximum absolute atomic E-state index is 11.9. The van der Waals surface area contributed by atoms with Crippen LogP contribution in [0.4, 0.5) is 4.79 Å². The number of carbonyl (C=O) groups excluding carboxylic acids is 1. The molecule has 3 rings (SSSR count). The molecule has 0 unspecified atom stereocenters. The van der Waals surface area contributed by atoms with E-state index in [1.807, 2.05) is 23.6 Å². The van der Waals surface area contributed by atoms with Crippen LogP contribution in [0, 0.1) is 0 Å². The van der Waals surface area contributed by atoms with Crippen LogP contribution in [0.5, 0.6) is 0 Å². The molecule has 1 heterocycles. The molecule has 0 aliphatic heterocycles. The molecule has 23 heavy (non-hydrogen) atoms. The van der Waals surface area contributed by atoms with Crippen LogP contribution in [-0.2, 0) is 13.0 Å². The van der Waals surface area contributed by atoms with E-state index < -0.39 is 0 Å². The van der Waals surface area contributed by atoms with Gasteiger partial charge in [0.1, 0.15) is 0 Å². The van der Waals surface area contributed by atoms with Crippen LogP contribution in [0.2, 0.25) is 0 Å². The maximum Gasteiger partial charge on any atom is 0.315 e. The first-order valence-corrected chi connectivity index (χ1v) is 9.19. The van der Waals surface area contributed by atoms with E-state index in [1.165, 1.54) is 24.8 Å². The fourth-order valence-electron chi connectivity index (χ4n) is 2.94. The molecule has 1 fully saturated rings. The van der Waals surface area contributed by atoms with Crippen LogP contribution in [0.15, 0.2) is 35.7 Å². The Balaban J connectivity index is 1.44. The predicted molar refractivity (Wildman–Crippen MR) is 93.6 cm³/mol. The molecule has 1 aliphatic carbocycles. The summed E-state index contributed by atoms with van der Waals surface area (Å²) in [5, 5.41) is 9.09. The van der Waals surface area contributed by atoms with Gasteiger partial charge in [0.05, 0.1) is 17.2 Å². The highest BCUT2D eigenvalue weighted by Gasteiger charge is 2.15. The molecule has 1 aromatic heterocycles. The van der Waals surface area contributed by atoms with E-state index in [4.69, 9.17) is 0 Å². The summed E-state index contributed by atoms with van der Waals surface area (Å²) < 4.78 is 0. The first kappa shape index (κ1) is 16.0. The third-order valence-corrected chi connectivity index (χ3v) is 5.07. The average Bonchev–Trinajstić information content (AvgIpc) is 3.02. The molecular weight excluding hydrogens is 306 g/mol. The van der Waals surface area contributed by atoms with Crippen LogP contribution in [0.3, 0.4) is 0 Å². The third-order valence-electron chi connectivity index (χ3n) is 4.17. The van der Waals surface area contributed by atoms with Crippen molar-refractivity contribution in [1.82, 2.24) is 15.6 Å². The summed E-state index contributed by atoms with van der Waals surface area (Å²) in [6, 6.07) is 10.6. The molecule has 0 atom stereocenters. The minimum atomic E-state index is -0.0745. The van der Waals surface area contributed by atoms with Crippen LogP contribution in [0.25, 0.3) is 0 Å². The van der Waals surface area contributed by atoms with Crippen molar-refractivity contribution in [2.75, 3.05) is 0 Å². The monoisotopic (exact) mass is 329 g/mol. The standard InChI is InChI=1S/C18H23N3OS/c22-18(21-15-9-5-2-6-10-15)19-12-16-13-23-17(20-16)11-14-7-3-1-4-8-14/h1,3-4,7-8,13,15H,2,5-6,9-12H2,(H2,19,21,22). The van der Waals surface area contributed by atoms with Gasteiger partial charge in [-0.3, -0.25) is 0 Å². The van der Waals surface area contributed by atoms with Crippen molar-refractivity contribution in [2.24, 2.45) is 0 Å². The number of aromatic nitrogens is 1. The van der Waals surface area contributed by atoms with Crippen LogP contribution < -0.4 is 10.6 Å². The highest BCUT2D eigenvalue weighted by atomic mass is 32.1. The van der Waals surface area contributed by atoms with Crippen molar-refractivity contribution >= 4 is 17.4 Å². The molecular formula is C18H23N3OS. The summed E-state index contributed by atoms with van der Waals surface area (Å²) in [5.41, 5.74) is 2.19. The van der Waals surface area contributed by atoms with Gasteiger partial charge in [0.15, 0.2) is 0 Å². The molecule has 2 aromatic rings. The van der Waals surface area contributed by atoms with Gasteiger partial charge in [-0.2, -0.15) is 0 Å². The van der Waals surface area contributed by atoms with Crippen molar-refractivity contribution in [2.45, 2.75) is 51.1 Å². The quantitative estimate of drug-likeness (QED) is 0.875. The van der Waals surface area contributed by atoms with E-state index in [2.05, 4.69) is 27.8 Å². The molecule has 2 amide bonds. The number of hydrogen-bond donors (Lipinski definition) is 2. The second-order valence-electron chi connectivity index (χ2n) is 6.06. The summed E-state index contributed by atoms with van der Waals surface area (Å²) in [6.45, 7) is 0.490. The van der Waals surface area contributed by atoms with E-state index in [0.29, 0.717) is 12.6 Å². The van der Waals surface area contributed by atoms with Crippen molar-refractivity contribution < 1.29 is 4.79 Å². The number of rotatable bonds is 5. The summed E-state index contributed by atoms with van der Waals surface area (Å²) >= 11 is 1.65. The highest BCUT2D eigenvalue weighted by molar-refractivity contribution is 7.09. The fraction of sp³-hybridized carbons (Fsp3) is 0.444. The Morgan fingerprint density at radius 2 is 1.96 bits per heavy atom. The van der Waals surface area contributed by atoms with Crippen LogP contribution in [-0.4, -0.2) is 17.1 Å². The molecule has 1 aliphatic rings. The second kappa shape index (κ2) is 8.11. The topological polar surface area (TPSA) is 54.0 Å². The van der Waals surface area contributed by atoms with E-state index in [1.54, 1.807) is 11.3 Å². The number of benzene rings is 1. The lowest BCUT2D eigenvalue weighted by molar-refractivity contribution is 0.232. The lowest BCUT2D eigenvalue weighted by Crippen LogP contribution is -2.42. The van der Waals surface area contributed by atoms with Gasteiger partial charge in [-0.15, -0.1) is 11.3 Å². The molecule has 4 nitrogen and oxygen atoms in total. The molecule has 1 saturated carbocycles. The van der Waals surface area contributed by atoms with Crippen LogP contribution in [0.1, 0.15) is 48.4 Å². The zero-order valence-electron chi connectivity index (χ0n) is 13.3. The van der Waals surface area contributed by atoms with E-state index in [9.17, 15) is 4.79 Å². The molecule has 5 heteroatoms. The second-order valence-corrected chi connectivity index (χ2v) is 7.00. The van der Waals surface area contributed by atoms with Gasteiger partial charge in [-0.05, 0) is 18.4 Å². The summed E-state index contributed by atoms with van der Waals surface area (Å²) in [5.74, 6) is 0. The number of thiazole rings is 1. The lowest BCUT2D eigenvalue weighted by atomic mass is 9.96. The summed E-state index contributed by atoms with van der Waals surface area (Å²) in [4.78, 5) is 16.5. The van der Waals surface area contributed by atoms with Gasteiger partial charge < -0.3 is 10.6 Å². The Morgan fingerprint density at radius 1 is 1.17 bits per heavy atom. The molecule has 0 saturated heterocycles. The van der Waals surface area contributed by atoms with Gasteiger partial charge in [-0.25, -0.2) is 9.78 Å². The molecule has 0 radical (unpaired) electrons. The first-order valence-electron chi connectivity index (χ1n) is 8.31. The maximum atomic E-state index is 11.9. The van der Waals surface area contributed by atoms with Gasteiger partial charge >= 0.3 is 6.03 Å². The van der Waals surface area contributed by atoms with E-state index in [-0.39, 0.29) is 6.03 Å². The minimum absolute atomic E-state index is 0.0745. The number of urea groups is 1. The van der Waals surface area contributed by atoms with Gasteiger partial charge in [0, 0.05) is 17.8 Å². The summed E-state index contributed by atoms with van der Waals surface area (Å²) in [7, 11) is 0. The number of carbonyl (C=O) groups is 1. The summed E-state index contributed by atoms with van der Waals surface area (Å²) in [6.07, 6.45) is 6.79. The highest BCUT2D eigenvalue weighted by Crippen LogP contribution is 2.17. The van der Waals surface area contributed by atoms with E-state index in [0.717, 1.165) is 30.0 Å². The number of hydrogen-bond acceptors (Lipinski definition) is 3. The fourth-order valence-corrected chi connectivity index (χ4v) is 3.76. The smallest absolute Gasteiger partial charge is 0.315 e. The first-order chi connectivity index (χ1) is 11.3. The number of nitrogens with one attached hydrogen (secondary N) is 2. The predicted octanol–water partition coefficient (Wildman–Crippen LogP) is 3.87. The van der Waals surface area contributed by atoms with Crippen LogP contribution >= 0.6 is 11.3 Å². The zero-order chi connectivity index (χ0) is 15.9. The molecule has 0 bridgehead atoms. The average molecular weight is 329 g/mol. The number of nitrogens with zero attached hydrogens (tertiary/aromatic N) is 1. The van der Waals surface area contributed by atoms with Crippen molar-refractivity contribution in [3.05, 3.63) is 52.0 Å². The number of amides is 2. The Hall–Kier alpha value is -1.88. The van der Waals surface area contributed by atoms with E-state index >= 15 is 0 Å². The third kappa shape index (κ3) is 5.06. The van der Waals surface area contributed by atoms with Crippen molar-refractivity contribution in [3.63, 3.8) is 0 Å². The lowest BCUT2D eigenvalue weighted by Gasteiger charge is -2.22. The Bertz CT molecular complexity index is 620. The zero-order valence-corrected chi connectivity index (χ0v) is 14.1. The molecule has 0 spiro atoms. The van der Waals surface area contributed by atoms with Gasteiger partial charge in [-0.1, -0.05) is 49.6 Å². The van der Waals surface area contributed by atoms with Crippen molar-refractivity contribution in [1.29, 1.82) is 0 Å².